The van der Waals surface area contributed by atoms with Crippen molar-refractivity contribution in [3.8, 4) is 0 Å². The van der Waals surface area contributed by atoms with Gasteiger partial charge in [0, 0.05) is 6.42 Å². The molecule has 0 spiro atoms. The van der Waals surface area contributed by atoms with Gasteiger partial charge in [-0.05, 0) is 18.1 Å². The van der Waals surface area contributed by atoms with Gasteiger partial charge in [0.15, 0.2) is 0 Å². The zero-order valence-corrected chi connectivity index (χ0v) is 9.06. The third kappa shape index (κ3) is 1.99. The van der Waals surface area contributed by atoms with E-state index in [9.17, 15) is 4.79 Å². The molecule has 1 saturated heterocycles. The second kappa shape index (κ2) is 4.05. The minimum Gasteiger partial charge on any atom is -0.468 e. The van der Waals surface area contributed by atoms with Gasteiger partial charge in [0.2, 0.25) is 5.91 Å². The van der Waals surface area contributed by atoms with Gasteiger partial charge in [-0.15, -0.1) is 0 Å². The molecule has 0 unspecified atom stereocenters. The molecular formula is C9H15NO2S. The van der Waals surface area contributed by atoms with Crippen molar-refractivity contribution in [2.24, 2.45) is 5.92 Å². The number of ether oxygens (including phenoxy) is 1. The number of thiocarbonyl (C=S) groups is 1. The lowest BCUT2D eigenvalue weighted by molar-refractivity contribution is -0.128. The van der Waals surface area contributed by atoms with E-state index < -0.39 is 0 Å². The largest absolute Gasteiger partial charge is 0.468 e. The number of carbonyl (C=O) groups is 1. The van der Waals surface area contributed by atoms with Crippen molar-refractivity contribution in [2.75, 3.05) is 6.61 Å². The molecular weight excluding hydrogens is 186 g/mol. The molecule has 0 aromatic rings. The van der Waals surface area contributed by atoms with E-state index in [1.165, 1.54) is 0 Å². The summed E-state index contributed by atoms with van der Waals surface area (Å²) in [5.41, 5.74) is 0. The van der Waals surface area contributed by atoms with E-state index in [-0.39, 0.29) is 11.9 Å². The van der Waals surface area contributed by atoms with Crippen molar-refractivity contribution in [3.05, 3.63) is 0 Å². The van der Waals surface area contributed by atoms with Crippen molar-refractivity contribution in [2.45, 2.75) is 33.2 Å². The Labute approximate surface area is 84.0 Å². The first-order valence-electron chi connectivity index (χ1n) is 4.56. The third-order valence-electron chi connectivity index (χ3n) is 2.25. The van der Waals surface area contributed by atoms with Crippen LogP contribution in [0.4, 0.5) is 0 Å². The third-order valence-corrected chi connectivity index (χ3v) is 2.56. The maximum Gasteiger partial charge on any atom is 0.266 e. The van der Waals surface area contributed by atoms with E-state index >= 15 is 0 Å². The maximum absolute atomic E-state index is 11.5. The topological polar surface area (TPSA) is 29.5 Å². The Kier molecular flexibility index (Phi) is 3.25. The summed E-state index contributed by atoms with van der Waals surface area (Å²) in [7, 11) is 0. The van der Waals surface area contributed by atoms with Crippen LogP contribution in [0.15, 0.2) is 0 Å². The summed E-state index contributed by atoms with van der Waals surface area (Å²) in [6, 6.07) is 0.125. The predicted molar refractivity (Wildman–Crippen MR) is 54.3 cm³/mol. The fourth-order valence-electron chi connectivity index (χ4n) is 1.38. The van der Waals surface area contributed by atoms with Crippen molar-refractivity contribution >= 4 is 23.3 Å². The Morgan fingerprint density at radius 3 is 2.85 bits per heavy atom. The van der Waals surface area contributed by atoms with E-state index in [4.69, 9.17) is 17.0 Å². The van der Waals surface area contributed by atoms with E-state index in [0.29, 0.717) is 24.1 Å². The molecule has 1 aliphatic heterocycles. The van der Waals surface area contributed by atoms with E-state index in [2.05, 4.69) is 13.8 Å². The van der Waals surface area contributed by atoms with E-state index in [1.54, 1.807) is 4.90 Å². The summed E-state index contributed by atoms with van der Waals surface area (Å²) in [4.78, 5) is 13.1. The van der Waals surface area contributed by atoms with Crippen LogP contribution in [-0.2, 0) is 9.53 Å². The number of nitrogens with zero attached hydrogens (tertiary/aromatic N) is 1. The normalized spacial score (nSPS) is 22.3. The average molecular weight is 201 g/mol. The van der Waals surface area contributed by atoms with Gasteiger partial charge in [0.1, 0.15) is 6.61 Å². The minimum absolute atomic E-state index is 0.0567. The standard InChI is InChI=1S/C9H15NO2S/c1-4-8(11)10-7(6(2)3)5-12-9(10)13/h6-7H,4-5H2,1-3H3/t7-/m1/s1. The molecule has 3 nitrogen and oxygen atoms in total. The molecule has 0 aliphatic carbocycles. The summed E-state index contributed by atoms with van der Waals surface area (Å²) in [6.07, 6.45) is 0.479. The van der Waals surface area contributed by atoms with Gasteiger partial charge in [-0.3, -0.25) is 9.69 Å². The lowest BCUT2D eigenvalue weighted by Crippen LogP contribution is -2.41. The smallest absolute Gasteiger partial charge is 0.266 e. The maximum atomic E-state index is 11.5. The Morgan fingerprint density at radius 1 is 1.77 bits per heavy atom. The van der Waals surface area contributed by atoms with Crippen molar-refractivity contribution in [1.29, 1.82) is 0 Å². The van der Waals surface area contributed by atoms with Crippen molar-refractivity contribution < 1.29 is 9.53 Å². The van der Waals surface area contributed by atoms with Crippen molar-refractivity contribution in [3.63, 3.8) is 0 Å². The highest BCUT2D eigenvalue weighted by molar-refractivity contribution is 7.80. The predicted octanol–water partition coefficient (Wildman–Crippen LogP) is 1.56. The Balaban J connectivity index is 2.77. The Hall–Kier alpha value is -0.640. The lowest BCUT2D eigenvalue weighted by atomic mass is 10.0. The first-order chi connectivity index (χ1) is 6.07. The van der Waals surface area contributed by atoms with Crippen molar-refractivity contribution in [1.82, 2.24) is 4.90 Å². The molecule has 0 aromatic carbocycles. The van der Waals surface area contributed by atoms with Crippen LogP contribution in [0, 0.1) is 5.92 Å². The number of hydrogen-bond donors (Lipinski definition) is 0. The summed E-state index contributed by atoms with van der Waals surface area (Å²) in [5.74, 6) is 0.442. The van der Waals surface area contributed by atoms with Crippen LogP contribution >= 0.6 is 12.2 Å². The Bertz CT molecular complexity index is 228. The Morgan fingerprint density at radius 2 is 2.38 bits per heavy atom. The molecule has 1 heterocycles. The van der Waals surface area contributed by atoms with Crippen LogP contribution in [0.25, 0.3) is 0 Å². The monoisotopic (exact) mass is 201 g/mol. The molecule has 1 aliphatic rings. The summed E-state index contributed by atoms with van der Waals surface area (Å²) in [6.45, 7) is 6.51. The molecule has 13 heavy (non-hydrogen) atoms. The second-order valence-corrected chi connectivity index (χ2v) is 3.85. The van der Waals surface area contributed by atoms with E-state index in [1.807, 2.05) is 6.92 Å². The average Bonchev–Trinajstić information content (AvgIpc) is 2.46. The number of rotatable bonds is 2. The van der Waals surface area contributed by atoms with Crippen LogP contribution in [0.2, 0.25) is 0 Å². The zero-order chi connectivity index (χ0) is 10.0. The second-order valence-electron chi connectivity index (χ2n) is 3.51. The van der Waals surface area contributed by atoms with Gasteiger partial charge < -0.3 is 4.74 Å². The highest BCUT2D eigenvalue weighted by Gasteiger charge is 2.35. The molecule has 1 rings (SSSR count). The molecule has 1 fully saturated rings. The molecule has 0 bridgehead atoms. The van der Waals surface area contributed by atoms with Gasteiger partial charge in [-0.2, -0.15) is 0 Å². The summed E-state index contributed by atoms with van der Waals surface area (Å²) >= 11 is 4.96. The molecule has 0 radical (unpaired) electrons. The number of carbonyl (C=O) groups excluding carboxylic acids is 1. The fraction of sp³-hybridized carbons (Fsp3) is 0.778. The van der Waals surface area contributed by atoms with Gasteiger partial charge in [0.05, 0.1) is 6.04 Å². The van der Waals surface area contributed by atoms with E-state index in [0.717, 1.165) is 0 Å². The first-order valence-corrected chi connectivity index (χ1v) is 4.97. The minimum atomic E-state index is 0.0567. The lowest BCUT2D eigenvalue weighted by Gasteiger charge is -2.23. The van der Waals surface area contributed by atoms with Crippen LogP contribution in [0.5, 0.6) is 0 Å². The highest BCUT2D eigenvalue weighted by Crippen LogP contribution is 2.20. The number of hydrogen-bond acceptors (Lipinski definition) is 3. The molecule has 1 atom stereocenters. The number of amides is 1. The zero-order valence-electron chi connectivity index (χ0n) is 8.24. The van der Waals surface area contributed by atoms with Crippen LogP contribution in [0.1, 0.15) is 27.2 Å². The van der Waals surface area contributed by atoms with Gasteiger partial charge in [-0.25, -0.2) is 0 Å². The SMILES string of the molecule is CCC(=O)N1C(=S)OC[C@@H]1C(C)C. The van der Waals surface area contributed by atoms with Crippen LogP contribution in [0.3, 0.4) is 0 Å². The van der Waals surface area contributed by atoms with Crippen LogP contribution in [-0.4, -0.2) is 28.6 Å². The van der Waals surface area contributed by atoms with Gasteiger partial charge >= 0.3 is 0 Å². The molecule has 4 heteroatoms. The molecule has 0 aromatic heterocycles. The molecule has 74 valence electrons. The molecule has 0 saturated carbocycles. The fourth-order valence-corrected chi connectivity index (χ4v) is 1.69. The van der Waals surface area contributed by atoms with Gasteiger partial charge in [-0.1, -0.05) is 20.8 Å². The quantitative estimate of drug-likeness (QED) is 0.635. The first kappa shape index (κ1) is 10.4. The highest BCUT2D eigenvalue weighted by atomic mass is 32.1. The molecule has 0 N–H and O–H groups in total. The summed E-state index contributed by atoms with van der Waals surface area (Å²) < 4.78 is 5.20. The van der Waals surface area contributed by atoms with Gasteiger partial charge in [0.25, 0.3) is 5.17 Å². The molecule has 1 amide bonds. The summed E-state index contributed by atoms with van der Waals surface area (Å²) in [5, 5.41) is 0.338. The van der Waals surface area contributed by atoms with Crippen LogP contribution < -0.4 is 0 Å².